The smallest absolute Gasteiger partial charge is 0.244 e. The van der Waals surface area contributed by atoms with Gasteiger partial charge in [-0.3, -0.25) is 13.9 Å². The summed E-state index contributed by atoms with van der Waals surface area (Å²) in [6.45, 7) is 6.54. The molecule has 7 nitrogen and oxygen atoms in total. The van der Waals surface area contributed by atoms with Gasteiger partial charge in [-0.05, 0) is 57.0 Å². The summed E-state index contributed by atoms with van der Waals surface area (Å²) < 4.78 is 26.3. The van der Waals surface area contributed by atoms with Crippen LogP contribution in [0.2, 0.25) is 25.1 Å². The quantitative estimate of drug-likeness (QED) is 0.323. The van der Waals surface area contributed by atoms with E-state index >= 15 is 0 Å². The number of carbonyl (C=O) groups excluding carboxylic acids is 2. The first-order valence-electron chi connectivity index (χ1n) is 11.1. The Kier molecular flexibility index (Phi) is 10.8. The number of rotatable bonds is 9. The second kappa shape index (κ2) is 12.6. The molecule has 0 aliphatic heterocycles. The van der Waals surface area contributed by atoms with E-state index in [1.165, 1.54) is 17.0 Å². The summed E-state index contributed by atoms with van der Waals surface area (Å²) in [7, 11) is -4.00. The molecule has 1 N–H and O–H groups in total. The van der Waals surface area contributed by atoms with Gasteiger partial charge in [0.15, 0.2) is 0 Å². The van der Waals surface area contributed by atoms with E-state index in [4.69, 9.17) is 58.0 Å². The molecule has 1 atom stereocenters. The van der Waals surface area contributed by atoms with Gasteiger partial charge in [0.25, 0.3) is 0 Å². The molecular weight excluding hydrogens is 604 g/mol. The summed E-state index contributed by atoms with van der Waals surface area (Å²) >= 11 is 30.6. The average Bonchev–Trinajstić information content (AvgIpc) is 2.75. The van der Waals surface area contributed by atoms with Crippen molar-refractivity contribution in [3.8, 4) is 0 Å². The summed E-state index contributed by atoms with van der Waals surface area (Å²) in [5, 5.41) is 3.67. The second-order valence-electron chi connectivity index (χ2n) is 9.42. The van der Waals surface area contributed by atoms with Crippen LogP contribution >= 0.6 is 58.0 Å². The monoisotopic (exact) mass is 629 g/mol. The molecule has 0 bridgehead atoms. The van der Waals surface area contributed by atoms with Crippen molar-refractivity contribution in [3.63, 3.8) is 0 Å². The summed E-state index contributed by atoms with van der Waals surface area (Å²) in [6.07, 6.45) is 1.20. The third kappa shape index (κ3) is 8.80. The average molecular weight is 632 g/mol. The van der Waals surface area contributed by atoms with Gasteiger partial charge in [0.05, 0.1) is 37.1 Å². The third-order valence-corrected chi connectivity index (χ3v) is 8.05. The minimum Gasteiger partial charge on any atom is -0.350 e. The van der Waals surface area contributed by atoms with E-state index in [2.05, 4.69) is 5.32 Å². The molecule has 0 fully saturated rings. The van der Waals surface area contributed by atoms with Crippen LogP contribution in [0.25, 0.3) is 0 Å². The number of nitrogens with one attached hydrogen (secondary N) is 1. The molecule has 2 aromatic rings. The van der Waals surface area contributed by atoms with Gasteiger partial charge in [-0.1, -0.05) is 71.0 Å². The van der Waals surface area contributed by atoms with Gasteiger partial charge in [-0.2, -0.15) is 0 Å². The molecule has 37 heavy (non-hydrogen) atoms. The first-order chi connectivity index (χ1) is 16.9. The summed E-state index contributed by atoms with van der Waals surface area (Å²) in [6, 6.07) is 6.49. The number of anilines is 1. The second-order valence-corrected chi connectivity index (χ2v) is 13.4. The molecule has 0 spiro atoms. The highest BCUT2D eigenvalue weighted by atomic mass is 35.5. The third-order valence-electron chi connectivity index (χ3n) is 5.16. The van der Waals surface area contributed by atoms with Crippen LogP contribution in [0.1, 0.15) is 39.7 Å². The molecule has 0 saturated heterocycles. The Hall–Kier alpha value is -1.42. The van der Waals surface area contributed by atoms with Crippen LogP contribution in [-0.4, -0.2) is 49.5 Å². The van der Waals surface area contributed by atoms with E-state index in [0.717, 1.165) is 10.6 Å². The molecule has 2 aromatic carbocycles. The van der Waals surface area contributed by atoms with Crippen molar-refractivity contribution >= 4 is 85.5 Å². The zero-order valence-corrected chi connectivity index (χ0v) is 25.5. The fraction of sp³-hybridized carbons (Fsp3) is 0.417. The number of amides is 2. The lowest BCUT2D eigenvalue weighted by Gasteiger charge is -2.34. The SMILES string of the molecule is CC[C@@H](C(=O)NC(C)(C)C)N(Cc1ccc(Cl)c(Cl)c1)C(=O)CN(c1cc(Cl)c(Cl)cc1Cl)S(C)(=O)=O. The number of hydrogen-bond donors (Lipinski definition) is 1. The first-order valence-corrected chi connectivity index (χ1v) is 14.9. The van der Waals surface area contributed by atoms with Crippen LogP contribution < -0.4 is 9.62 Å². The van der Waals surface area contributed by atoms with Crippen molar-refractivity contribution in [1.29, 1.82) is 0 Å². The molecule has 0 heterocycles. The predicted molar refractivity (Wildman–Crippen MR) is 153 cm³/mol. The number of benzene rings is 2. The van der Waals surface area contributed by atoms with Crippen molar-refractivity contribution in [2.45, 2.75) is 52.2 Å². The van der Waals surface area contributed by atoms with Crippen molar-refractivity contribution < 1.29 is 18.0 Å². The normalized spacial score (nSPS) is 12.7. The highest BCUT2D eigenvalue weighted by Gasteiger charge is 2.33. The molecule has 0 aliphatic rings. The predicted octanol–water partition coefficient (Wildman–Crippen LogP) is 6.44. The highest BCUT2D eigenvalue weighted by Crippen LogP contribution is 2.36. The van der Waals surface area contributed by atoms with Crippen LogP contribution in [0.3, 0.4) is 0 Å². The maximum Gasteiger partial charge on any atom is 0.244 e. The van der Waals surface area contributed by atoms with Crippen molar-refractivity contribution in [1.82, 2.24) is 10.2 Å². The van der Waals surface area contributed by atoms with Crippen molar-refractivity contribution in [2.75, 3.05) is 17.1 Å². The molecular formula is C24H28Cl5N3O4S. The molecule has 0 radical (unpaired) electrons. The van der Waals surface area contributed by atoms with E-state index in [1.54, 1.807) is 25.1 Å². The zero-order chi connectivity index (χ0) is 28.3. The maximum atomic E-state index is 13.7. The Labute approximate surface area is 243 Å². The molecule has 0 aromatic heterocycles. The van der Waals surface area contributed by atoms with Crippen LogP contribution in [0.15, 0.2) is 30.3 Å². The maximum absolute atomic E-state index is 13.7. The Balaban J connectivity index is 2.55. The van der Waals surface area contributed by atoms with E-state index in [-0.39, 0.29) is 44.7 Å². The first kappa shape index (κ1) is 31.8. The summed E-state index contributed by atoms with van der Waals surface area (Å²) in [5.41, 5.74) is 0.0201. The van der Waals surface area contributed by atoms with Crippen LogP contribution in [-0.2, 0) is 26.2 Å². The Morgan fingerprint density at radius 3 is 2.00 bits per heavy atom. The van der Waals surface area contributed by atoms with Crippen molar-refractivity contribution in [2.24, 2.45) is 0 Å². The number of nitrogens with zero attached hydrogens (tertiary/aromatic N) is 2. The van der Waals surface area contributed by atoms with Gasteiger partial charge in [0, 0.05) is 12.1 Å². The van der Waals surface area contributed by atoms with Gasteiger partial charge in [0.2, 0.25) is 21.8 Å². The topological polar surface area (TPSA) is 86.8 Å². The lowest BCUT2D eigenvalue weighted by molar-refractivity contribution is -0.141. The van der Waals surface area contributed by atoms with Crippen LogP contribution in [0, 0.1) is 0 Å². The number of halogens is 5. The highest BCUT2D eigenvalue weighted by molar-refractivity contribution is 7.92. The van der Waals surface area contributed by atoms with Crippen LogP contribution in [0.4, 0.5) is 5.69 Å². The lowest BCUT2D eigenvalue weighted by Crippen LogP contribution is -2.55. The molecule has 0 aliphatic carbocycles. The molecule has 13 heteroatoms. The molecule has 2 amide bonds. The number of carbonyl (C=O) groups is 2. The minimum atomic E-state index is -4.00. The van der Waals surface area contributed by atoms with Gasteiger partial charge in [0.1, 0.15) is 12.6 Å². The molecule has 0 unspecified atom stereocenters. The zero-order valence-electron chi connectivity index (χ0n) is 20.9. The molecule has 0 saturated carbocycles. The van der Waals surface area contributed by atoms with E-state index in [1.807, 2.05) is 20.8 Å². The van der Waals surface area contributed by atoms with E-state index in [9.17, 15) is 18.0 Å². The Morgan fingerprint density at radius 1 is 0.919 bits per heavy atom. The lowest BCUT2D eigenvalue weighted by atomic mass is 10.1. The standard InChI is InChI=1S/C24H28Cl5N3O4S/c1-6-20(23(34)30-24(2,3)4)31(12-14-7-8-15(25)16(26)9-14)22(33)13-32(37(5,35)36)21-11-18(28)17(27)10-19(21)29/h7-11,20H,6,12-13H2,1-5H3,(H,30,34)/t20-/m0/s1. The van der Waals surface area contributed by atoms with Crippen LogP contribution in [0.5, 0.6) is 0 Å². The number of hydrogen-bond acceptors (Lipinski definition) is 4. The molecule has 204 valence electrons. The minimum absolute atomic E-state index is 0.0128. The van der Waals surface area contributed by atoms with Gasteiger partial charge < -0.3 is 10.2 Å². The van der Waals surface area contributed by atoms with Crippen molar-refractivity contribution in [3.05, 3.63) is 61.0 Å². The molecule has 2 rings (SSSR count). The Bertz CT molecular complexity index is 1280. The van der Waals surface area contributed by atoms with E-state index < -0.39 is 34.1 Å². The summed E-state index contributed by atoms with van der Waals surface area (Å²) in [4.78, 5) is 28.3. The number of sulfonamides is 1. The Morgan fingerprint density at radius 2 is 1.49 bits per heavy atom. The van der Waals surface area contributed by atoms with Gasteiger partial charge in [-0.15, -0.1) is 0 Å². The van der Waals surface area contributed by atoms with Gasteiger partial charge >= 0.3 is 0 Å². The van der Waals surface area contributed by atoms with Gasteiger partial charge in [-0.25, -0.2) is 8.42 Å². The summed E-state index contributed by atoms with van der Waals surface area (Å²) in [5.74, 6) is -1.03. The fourth-order valence-electron chi connectivity index (χ4n) is 3.51. The van der Waals surface area contributed by atoms with E-state index in [0.29, 0.717) is 10.6 Å². The fourth-order valence-corrected chi connectivity index (χ4v) is 5.37. The largest absolute Gasteiger partial charge is 0.350 e.